The largest absolute Gasteiger partial charge is 0.494 e. The van der Waals surface area contributed by atoms with Gasteiger partial charge in [0.05, 0.1) is 25.0 Å². The van der Waals surface area contributed by atoms with Crippen molar-refractivity contribution in [3.05, 3.63) is 72.8 Å². The number of rotatable bonds is 6. The molecule has 3 heterocycles. The second-order valence-corrected chi connectivity index (χ2v) is 7.74. The molecule has 1 aliphatic heterocycles. The minimum absolute atomic E-state index is 0.000452. The van der Waals surface area contributed by atoms with Crippen LogP contribution in [0.25, 0.3) is 22.0 Å². The normalized spacial score (nSPS) is 17.7. The quantitative estimate of drug-likeness (QED) is 0.394. The van der Waals surface area contributed by atoms with Gasteiger partial charge in [0, 0.05) is 34.9 Å². The van der Waals surface area contributed by atoms with Crippen LogP contribution in [-0.2, 0) is 16.9 Å². The number of hydrogen-bond donors (Lipinski definition) is 3. The molecule has 1 aliphatic rings. The number of carbonyl (C=O) groups excluding carboxylic acids is 2. The Morgan fingerprint density at radius 2 is 1.94 bits per heavy atom. The maximum Gasteiger partial charge on any atom is 0.322 e. The van der Waals surface area contributed by atoms with E-state index in [-0.39, 0.29) is 12.4 Å². The lowest BCUT2D eigenvalue weighted by Gasteiger charge is -2.27. The van der Waals surface area contributed by atoms with Crippen molar-refractivity contribution in [2.75, 3.05) is 6.61 Å². The zero-order valence-corrected chi connectivity index (χ0v) is 17.8. The lowest BCUT2D eigenvalue weighted by atomic mass is 9.89. The molecule has 33 heavy (non-hydrogen) atoms. The number of nitrogens with zero attached hydrogens (tertiary/aromatic N) is 3. The molecule has 1 atom stereocenters. The summed E-state index contributed by atoms with van der Waals surface area (Å²) in [5.74, 6) is 0.127. The van der Waals surface area contributed by atoms with E-state index in [0.29, 0.717) is 29.0 Å². The number of nitrogens with one attached hydrogen (secondary N) is 2. The molecular weight excluding hydrogens is 422 g/mol. The third-order valence-electron chi connectivity index (χ3n) is 5.73. The molecule has 3 amide bonds. The summed E-state index contributed by atoms with van der Waals surface area (Å²) in [5.41, 5.74) is 0.695. The Morgan fingerprint density at radius 3 is 2.61 bits per heavy atom. The number of aromatic nitrogens is 3. The number of amides is 3. The van der Waals surface area contributed by atoms with E-state index < -0.39 is 17.5 Å². The zero-order chi connectivity index (χ0) is 23.0. The minimum Gasteiger partial charge on any atom is -0.494 e. The second kappa shape index (κ2) is 7.94. The summed E-state index contributed by atoms with van der Waals surface area (Å²) in [6.07, 6.45) is 6.59. The van der Waals surface area contributed by atoms with Crippen molar-refractivity contribution in [3.63, 3.8) is 0 Å². The van der Waals surface area contributed by atoms with Crippen LogP contribution in [0.4, 0.5) is 4.79 Å². The first-order valence-electron chi connectivity index (χ1n) is 10.5. The molecule has 1 saturated heterocycles. The van der Waals surface area contributed by atoms with Gasteiger partial charge in [-0.25, -0.2) is 4.79 Å². The number of carbonyl (C=O) groups is 2. The first-order chi connectivity index (χ1) is 16.0. The number of benzene rings is 2. The molecule has 4 aromatic rings. The van der Waals surface area contributed by atoms with E-state index in [4.69, 9.17) is 4.74 Å². The smallest absolute Gasteiger partial charge is 0.322 e. The molecular formula is C24H21N5O4. The molecule has 2 aromatic carbocycles. The molecule has 0 radical (unpaired) electrons. The first kappa shape index (κ1) is 20.5. The van der Waals surface area contributed by atoms with E-state index >= 15 is 0 Å². The molecule has 0 spiro atoms. The highest BCUT2D eigenvalue weighted by Crippen LogP contribution is 2.35. The molecule has 9 nitrogen and oxygen atoms in total. The van der Waals surface area contributed by atoms with Crippen LogP contribution in [0.2, 0.25) is 0 Å². The fourth-order valence-corrected chi connectivity index (χ4v) is 4.13. The molecule has 9 heteroatoms. The summed E-state index contributed by atoms with van der Waals surface area (Å²) in [6, 6.07) is 12.0. The summed E-state index contributed by atoms with van der Waals surface area (Å²) < 4.78 is 7.09. The third-order valence-corrected chi connectivity index (χ3v) is 5.73. The Morgan fingerprint density at radius 1 is 1.12 bits per heavy atom. The lowest BCUT2D eigenvalue weighted by molar-refractivity contribution is -0.124. The number of hydrogen-bond acceptors (Lipinski definition) is 6. The maximum atomic E-state index is 13.0. The third kappa shape index (κ3) is 3.53. The van der Waals surface area contributed by atoms with Gasteiger partial charge < -0.3 is 19.7 Å². The predicted octanol–water partition coefficient (Wildman–Crippen LogP) is 2.94. The predicted molar refractivity (Wildman–Crippen MR) is 121 cm³/mol. The van der Waals surface area contributed by atoms with Gasteiger partial charge in [-0.1, -0.05) is 24.3 Å². The molecule has 1 fully saturated rings. The molecule has 3 N–H and O–H groups in total. The highest BCUT2D eigenvalue weighted by molar-refractivity contribution is 6.07. The van der Waals surface area contributed by atoms with Gasteiger partial charge in [0.15, 0.2) is 11.4 Å². The zero-order valence-electron chi connectivity index (χ0n) is 17.8. The van der Waals surface area contributed by atoms with Crippen LogP contribution in [0, 0.1) is 0 Å². The van der Waals surface area contributed by atoms with Crippen LogP contribution >= 0.6 is 0 Å². The minimum atomic E-state index is -1.40. The molecule has 2 aromatic heterocycles. The van der Waals surface area contributed by atoms with E-state index in [2.05, 4.69) is 20.6 Å². The van der Waals surface area contributed by atoms with E-state index in [1.807, 2.05) is 31.2 Å². The van der Waals surface area contributed by atoms with Crippen LogP contribution in [0.3, 0.4) is 0 Å². The average molecular weight is 443 g/mol. The van der Waals surface area contributed by atoms with Crippen LogP contribution in [0.1, 0.15) is 12.5 Å². The Labute approximate surface area is 189 Å². The van der Waals surface area contributed by atoms with Crippen molar-refractivity contribution in [1.29, 1.82) is 0 Å². The van der Waals surface area contributed by atoms with Gasteiger partial charge in [-0.2, -0.15) is 0 Å². The fraction of sp³-hybridized carbons (Fsp3) is 0.167. The topological polar surface area (TPSA) is 118 Å². The highest BCUT2D eigenvalue weighted by Gasteiger charge is 2.48. The molecule has 166 valence electrons. The Hall–Kier alpha value is -4.40. The van der Waals surface area contributed by atoms with Crippen LogP contribution in [-0.4, -0.2) is 38.2 Å². The number of ether oxygens (including phenoxy) is 1. The van der Waals surface area contributed by atoms with E-state index in [1.54, 1.807) is 47.6 Å². The van der Waals surface area contributed by atoms with Crippen molar-refractivity contribution in [2.45, 2.75) is 19.0 Å². The lowest BCUT2D eigenvalue weighted by Crippen LogP contribution is -2.47. The van der Waals surface area contributed by atoms with Gasteiger partial charge in [-0.3, -0.25) is 20.1 Å². The summed E-state index contributed by atoms with van der Waals surface area (Å²) in [4.78, 5) is 33.5. The van der Waals surface area contributed by atoms with Gasteiger partial charge in [-0.15, -0.1) is 0 Å². The summed E-state index contributed by atoms with van der Waals surface area (Å²) in [5, 5.41) is 17.4. The number of urea groups is 1. The Bertz CT molecular complexity index is 1350. The molecule has 0 aliphatic carbocycles. The van der Waals surface area contributed by atoms with Crippen LogP contribution in [0.15, 0.2) is 67.3 Å². The number of aromatic hydroxyl groups is 1. The number of imide groups is 1. The van der Waals surface area contributed by atoms with Crippen LogP contribution < -0.4 is 15.4 Å². The second-order valence-electron chi connectivity index (χ2n) is 7.74. The van der Waals surface area contributed by atoms with Gasteiger partial charge in [0.2, 0.25) is 0 Å². The maximum absolute atomic E-state index is 13.0. The first-order valence-corrected chi connectivity index (χ1v) is 10.5. The molecule has 5 rings (SSSR count). The summed E-state index contributed by atoms with van der Waals surface area (Å²) in [7, 11) is 0. The monoisotopic (exact) mass is 443 g/mol. The van der Waals surface area contributed by atoms with Crippen LogP contribution in [0.5, 0.6) is 11.6 Å². The van der Waals surface area contributed by atoms with E-state index in [9.17, 15) is 14.7 Å². The van der Waals surface area contributed by atoms with E-state index in [0.717, 1.165) is 10.9 Å². The van der Waals surface area contributed by atoms with Gasteiger partial charge in [0.25, 0.3) is 5.91 Å². The molecule has 0 bridgehead atoms. The standard InChI is InChI=1S/C24H21N5O4/c1-2-33-18-8-5-16-13-29(21(30)19(16)11-18)14-24(22(31)27-23(32)28-24)17-6-3-15(4-7-17)20-12-25-9-10-26-20/h3-13,30H,2,14H2,1H3,(H2,27,28,31,32)/t24-/m0/s1. The van der Waals surface area contributed by atoms with Crippen molar-refractivity contribution in [3.8, 4) is 22.9 Å². The summed E-state index contributed by atoms with van der Waals surface area (Å²) >= 11 is 0. The molecule has 0 unspecified atom stereocenters. The highest BCUT2D eigenvalue weighted by atomic mass is 16.5. The van der Waals surface area contributed by atoms with Crippen molar-refractivity contribution in [1.82, 2.24) is 25.2 Å². The fourth-order valence-electron chi connectivity index (χ4n) is 4.13. The Balaban J connectivity index is 1.55. The SMILES string of the molecule is CCOc1ccc2cn(C[C@@]3(c4ccc(-c5cnccn5)cc4)NC(=O)NC3=O)c(O)c2c1. The van der Waals surface area contributed by atoms with Gasteiger partial charge in [0.1, 0.15) is 5.75 Å². The Kier molecular flexibility index (Phi) is 4.93. The van der Waals surface area contributed by atoms with Crippen molar-refractivity contribution < 1.29 is 19.4 Å². The van der Waals surface area contributed by atoms with Gasteiger partial charge >= 0.3 is 6.03 Å². The average Bonchev–Trinajstić information content (AvgIpc) is 3.30. The van der Waals surface area contributed by atoms with Crippen molar-refractivity contribution in [2.24, 2.45) is 0 Å². The number of fused-ring (bicyclic) bond motifs is 1. The van der Waals surface area contributed by atoms with Gasteiger partial charge in [-0.05, 0) is 30.7 Å². The summed E-state index contributed by atoms with van der Waals surface area (Å²) in [6.45, 7) is 2.39. The molecule has 0 saturated carbocycles. The van der Waals surface area contributed by atoms with E-state index in [1.165, 1.54) is 0 Å². The van der Waals surface area contributed by atoms with Crippen molar-refractivity contribution >= 4 is 22.7 Å².